The number of halogens is 1. The van der Waals surface area contributed by atoms with Crippen molar-refractivity contribution in [2.75, 3.05) is 0 Å². The lowest BCUT2D eigenvalue weighted by Gasteiger charge is -2.15. The number of hydrogen-bond acceptors (Lipinski definition) is 1. The minimum atomic E-state index is 0.458. The average molecular weight is 273 g/mol. The van der Waals surface area contributed by atoms with Crippen LogP contribution in [0.2, 0.25) is 0 Å². The molecule has 15 heavy (non-hydrogen) atoms. The zero-order chi connectivity index (χ0) is 11.4. The molecule has 0 aliphatic heterocycles. The van der Waals surface area contributed by atoms with Gasteiger partial charge in [0, 0.05) is 17.1 Å². The second kappa shape index (κ2) is 5.69. The molecule has 0 aliphatic carbocycles. The molecule has 0 aromatic carbocycles. The summed E-state index contributed by atoms with van der Waals surface area (Å²) in [5.74, 6) is 0.644. The molecule has 0 N–H and O–H groups in total. The van der Waals surface area contributed by atoms with Gasteiger partial charge in [0.05, 0.1) is 5.69 Å². The maximum Gasteiger partial charge on any atom is 0.0627 e. The Kier molecular flexibility index (Phi) is 4.84. The fraction of sp³-hybridized carbons (Fsp3) is 0.750. The molecule has 0 aliphatic rings. The fourth-order valence-electron chi connectivity index (χ4n) is 1.63. The van der Waals surface area contributed by atoms with E-state index in [1.165, 1.54) is 12.1 Å². The van der Waals surface area contributed by atoms with Crippen LogP contribution in [0, 0.1) is 5.92 Å². The van der Waals surface area contributed by atoms with Crippen LogP contribution in [0.3, 0.4) is 0 Å². The van der Waals surface area contributed by atoms with Gasteiger partial charge in [-0.2, -0.15) is 5.10 Å². The number of aromatic nitrogens is 2. The van der Waals surface area contributed by atoms with Gasteiger partial charge >= 0.3 is 0 Å². The lowest BCUT2D eigenvalue weighted by molar-refractivity contribution is 0.502. The van der Waals surface area contributed by atoms with Gasteiger partial charge in [-0.25, -0.2) is 0 Å². The molecule has 1 heterocycles. The molecule has 2 atom stereocenters. The van der Waals surface area contributed by atoms with Crippen LogP contribution in [0.1, 0.15) is 45.9 Å². The first-order valence-electron chi connectivity index (χ1n) is 5.72. The van der Waals surface area contributed by atoms with Crippen LogP contribution in [0.5, 0.6) is 0 Å². The highest BCUT2D eigenvalue weighted by atomic mass is 79.9. The van der Waals surface area contributed by atoms with Crippen molar-refractivity contribution in [3.8, 4) is 0 Å². The Morgan fingerprint density at radius 2 is 2.07 bits per heavy atom. The third kappa shape index (κ3) is 3.63. The van der Waals surface area contributed by atoms with Crippen molar-refractivity contribution in [1.82, 2.24) is 9.78 Å². The lowest BCUT2D eigenvalue weighted by Crippen LogP contribution is -2.13. The Morgan fingerprint density at radius 3 is 2.53 bits per heavy atom. The topological polar surface area (TPSA) is 17.8 Å². The third-order valence-electron chi connectivity index (χ3n) is 2.73. The summed E-state index contributed by atoms with van der Waals surface area (Å²) in [7, 11) is 0. The molecule has 0 radical (unpaired) electrons. The summed E-state index contributed by atoms with van der Waals surface area (Å²) >= 11 is 3.70. The highest BCUT2D eigenvalue weighted by Crippen LogP contribution is 2.20. The van der Waals surface area contributed by atoms with E-state index in [0.717, 1.165) is 6.42 Å². The minimum Gasteiger partial charge on any atom is -0.270 e. The second-order valence-electron chi connectivity index (χ2n) is 4.49. The molecule has 0 spiro atoms. The maximum atomic E-state index is 4.56. The Bertz CT molecular complexity index is 294. The summed E-state index contributed by atoms with van der Waals surface area (Å²) in [6, 6.07) is 2.59. The molecule has 0 amide bonds. The molecule has 3 heteroatoms. The van der Waals surface area contributed by atoms with Gasteiger partial charge in [0.1, 0.15) is 0 Å². The highest BCUT2D eigenvalue weighted by Gasteiger charge is 2.14. The van der Waals surface area contributed by atoms with Crippen LogP contribution in [-0.4, -0.2) is 14.6 Å². The molecule has 2 unspecified atom stereocenters. The summed E-state index contributed by atoms with van der Waals surface area (Å²) < 4.78 is 2.03. The van der Waals surface area contributed by atoms with Crippen molar-refractivity contribution < 1.29 is 0 Å². The van der Waals surface area contributed by atoms with E-state index in [0.29, 0.717) is 16.8 Å². The predicted octanol–water partition coefficient (Wildman–Crippen LogP) is 3.82. The van der Waals surface area contributed by atoms with Gasteiger partial charge in [-0.05, 0) is 38.7 Å². The van der Waals surface area contributed by atoms with Gasteiger partial charge in [0.2, 0.25) is 0 Å². The van der Waals surface area contributed by atoms with E-state index in [-0.39, 0.29) is 0 Å². The zero-order valence-electron chi connectivity index (χ0n) is 10.1. The summed E-state index contributed by atoms with van der Waals surface area (Å²) in [6.45, 7) is 8.79. The second-order valence-corrected chi connectivity index (χ2v) is 5.66. The van der Waals surface area contributed by atoms with E-state index in [4.69, 9.17) is 0 Å². The molecule has 0 bridgehead atoms. The number of nitrogens with zero attached hydrogens (tertiary/aromatic N) is 2. The van der Waals surface area contributed by atoms with Crippen LogP contribution in [0.4, 0.5) is 0 Å². The van der Waals surface area contributed by atoms with Gasteiger partial charge in [-0.1, -0.05) is 29.8 Å². The standard InChI is InChI=1S/C12H21BrN2/c1-5-12(13)10(4)8-11-6-7-15(14-11)9(2)3/h6-7,9-10,12H,5,8H2,1-4H3. The highest BCUT2D eigenvalue weighted by molar-refractivity contribution is 9.09. The van der Waals surface area contributed by atoms with Crippen LogP contribution in [0.25, 0.3) is 0 Å². The van der Waals surface area contributed by atoms with E-state index < -0.39 is 0 Å². The molecule has 1 aromatic heterocycles. The molecule has 1 aromatic rings. The number of rotatable bonds is 5. The van der Waals surface area contributed by atoms with Crippen molar-refractivity contribution in [3.05, 3.63) is 18.0 Å². The normalized spacial score (nSPS) is 15.6. The summed E-state index contributed by atoms with van der Waals surface area (Å²) in [5, 5.41) is 4.56. The van der Waals surface area contributed by atoms with Crippen LogP contribution < -0.4 is 0 Å². The molecular formula is C12H21BrN2. The predicted molar refractivity (Wildman–Crippen MR) is 68.5 cm³/mol. The summed E-state index contributed by atoms with van der Waals surface area (Å²) in [4.78, 5) is 0.599. The number of hydrogen-bond donors (Lipinski definition) is 0. The van der Waals surface area contributed by atoms with Gasteiger partial charge in [-0.3, -0.25) is 4.68 Å². The monoisotopic (exact) mass is 272 g/mol. The maximum absolute atomic E-state index is 4.56. The third-order valence-corrected chi connectivity index (χ3v) is 4.28. The number of alkyl halides is 1. The quantitative estimate of drug-likeness (QED) is 0.746. The molecule has 1 rings (SSSR count). The van der Waals surface area contributed by atoms with Crippen molar-refractivity contribution >= 4 is 15.9 Å². The Labute approximate surface area is 101 Å². The van der Waals surface area contributed by atoms with Crippen molar-refractivity contribution in [1.29, 1.82) is 0 Å². The zero-order valence-corrected chi connectivity index (χ0v) is 11.7. The molecule has 0 saturated heterocycles. The first kappa shape index (κ1) is 12.8. The van der Waals surface area contributed by atoms with Crippen molar-refractivity contribution in [2.24, 2.45) is 5.92 Å². The van der Waals surface area contributed by atoms with E-state index in [1.807, 2.05) is 4.68 Å². The SMILES string of the molecule is CCC(Br)C(C)Cc1ccn(C(C)C)n1. The van der Waals surface area contributed by atoms with Crippen LogP contribution in [-0.2, 0) is 6.42 Å². The molecule has 86 valence electrons. The average Bonchev–Trinajstić information content (AvgIpc) is 2.65. The molecule has 2 nitrogen and oxygen atoms in total. The first-order chi connectivity index (χ1) is 7.04. The minimum absolute atomic E-state index is 0.458. The van der Waals surface area contributed by atoms with Crippen molar-refractivity contribution in [2.45, 2.75) is 51.4 Å². The van der Waals surface area contributed by atoms with E-state index in [2.05, 4.69) is 61.0 Å². The lowest BCUT2D eigenvalue weighted by atomic mass is 10.0. The van der Waals surface area contributed by atoms with E-state index >= 15 is 0 Å². The van der Waals surface area contributed by atoms with Gasteiger partial charge in [0.15, 0.2) is 0 Å². The summed E-state index contributed by atoms with van der Waals surface area (Å²) in [5.41, 5.74) is 1.20. The van der Waals surface area contributed by atoms with Gasteiger partial charge in [0.25, 0.3) is 0 Å². The summed E-state index contributed by atoms with van der Waals surface area (Å²) in [6.07, 6.45) is 4.30. The Morgan fingerprint density at radius 1 is 1.40 bits per heavy atom. The van der Waals surface area contributed by atoms with E-state index in [9.17, 15) is 0 Å². The van der Waals surface area contributed by atoms with E-state index in [1.54, 1.807) is 0 Å². The van der Waals surface area contributed by atoms with Gasteiger partial charge in [-0.15, -0.1) is 0 Å². The van der Waals surface area contributed by atoms with Crippen LogP contribution >= 0.6 is 15.9 Å². The van der Waals surface area contributed by atoms with Gasteiger partial charge < -0.3 is 0 Å². The Hall–Kier alpha value is -0.310. The molecule has 0 saturated carbocycles. The fourth-order valence-corrected chi connectivity index (χ4v) is 1.82. The molecule has 0 fully saturated rings. The van der Waals surface area contributed by atoms with Crippen LogP contribution in [0.15, 0.2) is 12.3 Å². The smallest absolute Gasteiger partial charge is 0.0627 e. The molecular weight excluding hydrogens is 252 g/mol. The largest absolute Gasteiger partial charge is 0.270 e. The first-order valence-corrected chi connectivity index (χ1v) is 6.64. The Balaban J connectivity index is 2.57. The van der Waals surface area contributed by atoms with Crippen molar-refractivity contribution in [3.63, 3.8) is 0 Å².